The lowest BCUT2D eigenvalue weighted by Gasteiger charge is -2.10. The van der Waals surface area contributed by atoms with Gasteiger partial charge in [-0.2, -0.15) is 0 Å². The summed E-state index contributed by atoms with van der Waals surface area (Å²) in [4.78, 5) is 12.2. The van der Waals surface area contributed by atoms with E-state index >= 15 is 0 Å². The van der Waals surface area contributed by atoms with E-state index in [4.69, 9.17) is 18.8 Å². The predicted octanol–water partition coefficient (Wildman–Crippen LogP) is 3.55. The number of nitrogens with zero attached hydrogens (tertiary/aromatic N) is 2. The fraction of sp³-hybridized carbons (Fsp3) is 0.250. The first-order valence-electron chi connectivity index (χ1n) is 8.71. The predicted molar refractivity (Wildman–Crippen MR) is 103 cm³/mol. The summed E-state index contributed by atoms with van der Waals surface area (Å²) in [6.45, 7) is 3.73. The number of rotatable bonds is 8. The van der Waals surface area contributed by atoms with Gasteiger partial charge in [0.25, 0.3) is 5.91 Å². The fourth-order valence-corrected chi connectivity index (χ4v) is 2.41. The third-order valence-electron chi connectivity index (χ3n) is 3.68. The van der Waals surface area contributed by atoms with E-state index in [0.717, 1.165) is 11.3 Å². The Kier molecular flexibility index (Phi) is 6.11. The van der Waals surface area contributed by atoms with Gasteiger partial charge in [-0.25, -0.2) is 4.63 Å². The zero-order valence-corrected chi connectivity index (χ0v) is 15.8. The summed E-state index contributed by atoms with van der Waals surface area (Å²) in [6.07, 6.45) is 0.0834. The Morgan fingerprint density at radius 2 is 1.64 bits per heavy atom. The molecule has 0 aliphatic rings. The lowest BCUT2D eigenvalue weighted by atomic mass is 10.1. The summed E-state index contributed by atoms with van der Waals surface area (Å²) >= 11 is 0. The van der Waals surface area contributed by atoms with E-state index in [2.05, 4.69) is 15.6 Å². The van der Waals surface area contributed by atoms with Crippen molar-refractivity contribution in [3.8, 4) is 28.5 Å². The van der Waals surface area contributed by atoms with Crippen molar-refractivity contribution >= 4 is 11.7 Å². The summed E-state index contributed by atoms with van der Waals surface area (Å²) in [5, 5.41) is 10.3. The number of carbonyl (C=O) groups excluding carboxylic acids is 1. The first kappa shape index (κ1) is 19.2. The summed E-state index contributed by atoms with van der Waals surface area (Å²) in [5.41, 5.74) is 1.16. The molecular formula is C20H21N3O5. The Morgan fingerprint density at radius 1 is 1.00 bits per heavy atom. The molecule has 1 amide bonds. The summed E-state index contributed by atoms with van der Waals surface area (Å²) in [5.74, 6) is 1.84. The van der Waals surface area contributed by atoms with E-state index < -0.39 is 0 Å². The number of hydrogen-bond acceptors (Lipinski definition) is 7. The van der Waals surface area contributed by atoms with Gasteiger partial charge in [0.1, 0.15) is 17.2 Å². The van der Waals surface area contributed by atoms with E-state index in [9.17, 15) is 4.79 Å². The molecule has 0 bridgehead atoms. The molecule has 146 valence electrons. The highest BCUT2D eigenvalue weighted by Gasteiger charge is 2.15. The standard InChI is InChI=1S/C20H21N3O5/c1-13(2)27-17-6-4-14(5-7-17)19-20(23-28-22-19)21-18(24)12-26-16-10-8-15(25-3)9-11-16/h4-11,13H,12H2,1-3H3,(H,21,23,24). The van der Waals surface area contributed by atoms with E-state index in [1.165, 1.54) is 0 Å². The molecule has 1 N–H and O–H groups in total. The minimum Gasteiger partial charge on any atom is -0.497 e. The SMILES string of the molecule is COc1ccc(OCC(=O)Nc2nonc2-c2ccc(OC(C)C)cc2)cc1. The van der Waals surface area contributed by atoms with Crippen molar-refractivity contribution in [3.05, 3.63) is 48.5 Å². The van der Waals surface area contributed by atoms with Gasteiger partial charge in [-0.05, 0) is 72.7 Å². The summed E-state index contributed by atoms with van der Waals surface area (Å²) in [7, 11) is 1.58. The van der Waals surface area contributed by atoms with Crippen molar-refractivity contribution in [2.45, 2.75) is 20.0 Å². The minimum atomic E-state index is -0.382. The number of nitrogens with one attached hydrogen (secondary N) is 1. The van der Waals surface area contributed by atoms with Crippen molar-refractivity contribution in [3.63, 3.8) is 0 Å². The van der Waals surface area contributed by atoms with Gasteiger partial charge in [0, 0.05) is 5.56 Å². The average molecular weight is 383 g/mol. The van der Waals surface area contributed by atoms with Crippen molar-refractivity contribution in [2.75, 3.05) is 19.0 Å². The maximum Gasteiger partial charge on any atom is 0.263 e. The second kappa shape index (κ2) is 8.90. The summed E-state index contributed by atoms with van der Waals surface area (Å²) in [6, 6.07) is 14.2. The molecule has 0 saturated carbocycles. The molecule has 28 heavy (non-hydrogen) atoms. The monoisotopic (exact) mass is 383 g/mol. The van der Waals surface area contributed by atoms with Crippen LogP contribution in [0.1, 0.15) is 13.8 Å². The molecule has 1 heterocycles. The number of carbonyl (C=O) groups is 1. The topological polar surface area (TPSA) is 95.7 Å². The van der Waals surface area contributed by atoms with Gasteiger partial charge in [-0.1, -0.05) is 0 Å². The van der Waals surface area contributed by atoms with E-state index in [-0.39, 0.29) is 24.4 Å². The van der Waals surface area contributed by atoms with Gasteiger partial charge in [0.05, 0.1) is 13.2 Å². The molecule has 1 aromatic heterocycles. The average Bonchev–Trinajstić information content (AvgIpc) is 3.15. The Morgan fingerprint density at radius 3 is 2.29 bits per heavy atom. The van der Waals surface area contributed by atoms with Crippen LogP contribution in [-0.2, 0) is 4.79 Å². The Labute approximate surface area is 162 Å². The van der Waals surface area contributed by atoms with Gasteiger partial charge in [0.15, 0.2) is 12.3 Å². The van der Waals surface area contributed by atoms with Gasteiger partial charge in [-0.15, -0.1) is 0 Å². The molecular weight excluding hydrogens is 362 g/mol. The van der Waals surface area contributed by atoms with E-state index in [0.29, 0.717) is 17.2 Å². The highest BCUT2D eigenvalue weighted by molar-refractivity contribution is 5.94. The molecule has 3 aromatic rings. The zero-order chi connectivity index (χ0) is 19.9. The molecule has 0 atom stereocenters. The molecule has 0 aliphatic heterocycles. The van der Waals surface area contributed by atoms with Crippen LogP contribution in [0.15, 0.2) is 53.2 Å². The maximum atomic E-state index is 12.2. The zero-order valence-electron chi connectivity index (χ0n) is 15.8. The number of ether oxygens (including phenoxy) is 3. The number of amides is 1. The lowest BCUT2D eigenvalue weighted by molar-refractivity contribution is -0.118. The van der Waals surface area contributed by atoms with Crippen LogP contribution in [-0.4, -0.2) is 36.0 Å². The largest absolute Gasteiger partial charge is 0.497 e. The highest BCUT2D eigenvalue weighted by Crippen LogP contribution is 2.26. The van der Waals surface area contributed by atoms with Crippen LogP contribution in [0.2, 0.25) is 0 Å². The minimum absolute atomic E-state index is 0.0834. The van der Waals surface area contributed by atoms with Gasteiger partial charge in [0.2, 0.25) is 5.82 Å². The Bertz CT molecular complexity index is 904. The quantitative estimate of drug-likeness (QED) is 0.635. The van der Waals surface area contributed by atoms with Crippen LogP contribution in [0.4, 0.5) is 5.82 Å². The van der Waals surface area contributed by atoms with Crippen molar-refractivity contribution < 1.29 is 23.6 Å². The molecule has 0 fully saturated rings. The second-order valence-electron chi connectivity index (χ2n) is 6.16. The van der Waals surface area contributed by atoms with Crippen molar-refractivity contribution in [1.82, 2.24) is 10.3 Å². The molecule has 0 radical (unpaired) electrons. The fourth-order valence-electron chi connectivity index (χ4n) is 2.41. The molecule has 8 nitrogen and oxygen atoms in total. The van der Waals surface area contributed by atoms with E-state index in [1.807, 2.05) is 38.1 Å². The molecule has 0 saturated heterocycles. The maximum absolute atomic E-state index is 12.2. The van der Waals surface area contributed by atoms with Crippen LogP contribution in [0.3, 0.4) is 0 Å². The molecule has 0 spiro atoms. The van der Waals surface area contributed by atoms with Gasteiger partial charge in [-0.3, -0.25) is 4.79 Å². The molecule has 8 heteroatoms. The van der Waals surface area contributed by atoms with Gasteiger partial charge < -0.3 is 19.5 Å². The molecule has 0 aliphatic carbocycles. The molecule has 2 aromatic carbocycles. The van der Waals surface area contributed by atoms with Crippen LogP contribution in [0.5, 0.6) is 17.2 Å². The van der Waals surface area contributed by atoms with Crippen molar-refractivity contribution in [1.29, 1.82) is 0 Å². The number of aromatic nitrogens is 2. The first-order chi connectivity index (χ1) is 13.5. The number of methoxy groups -OCH3 is 1. The Balaban J connectivity index is 1.60. The number of anilines is 1. The Hall–Kier alpha value is -3.55. The third kappa shape index (κ3) is 5.00. The second-order valence-corrected chi connectivity index (χ2v) is 6.16. The van der Waals surface area contributed by atoms with E-state index in [1.54, 1.807) is 31.4 Å². The van der Waals surface area contributed by atoms with Crippen LogP contribution in [0, 0.1) is 0 Å². The smallest absolute Gasteiger partial charge is 0.263 e. The number of hydrogen-bond donors (Lipinski definition) is 1. The van der Waals surface area contributed by atoms with Crippen LogP contribution in [0.25, 0.3) is 11.3 Å². The molecule has 0 unspecified atom stereocenters. The first-order valence-corrected chi connectivity index (χ1v) is 8.71. The normalized spacial score (nSPS) is 10.6. The number of benzene rings is 2. The highest BCUT2D eigenvalue weighted by atomic mass is 16.6. The van der Waals surface area contributed by atoms with Crippen LogP contribution >= 0.6 is 0 Å². The van der Waals surface area contributed by atoms with Crippen molar-refractivity contribution in [2.24, 2.45) is 0 Å². The molecule has 3 rings (SSSR count). The third-order valence-corrected chi connectivity index (χ3v) is 3.68. The van der Waals surface area contributed by atoms with Crippen LogP contribution < -0.4 is 19.5 Å². The van der Waals surface area contributed by atoms with Gasteiger partial charge >= 0.3 is 0 Å². The summed E-state index contributed by atoms with van der Waals surface area (Å²) < 4.78 is 20.9. The lowest BCUT2D eigenvalue weighted by Crippen LogP contribution is -2.20.